The average Bonchev–Trinajstić information content (AvgIpc) is 3.72. The van der Waals surface area contributed by atoms with Crippen LogP contribution in [0.4, 0.5) is 0 Å². The number of hydrogen-bond acceptors (Lipinski definition) is 2. The molecule has 2 unspecified atom stereocenters. The summed E-state index contributed by atoms with van der Waals surface area (Å²) in [7, 11) is 16.9. The van der Waals surface area contributed by atoms with Crippen molar-refractivity contribution in [3.05, 3.63) is 104 Å². The summed E-state index contributed by atoms with van der Waals surface area (Å²) in [6.45, 7) is 18.7. The third kappa shape index (κ3) is 5.52. The Bertz CT molecular complexity index is 1660. The van der Waals surface area contributed by atoms with Crippen LogP contribution in [0, 0.1) is 11.8 Å². The quantitative estimate of drug-likeness (QED) is 0.149. The third-order valence-corrected chi connectivity index (χ3v) is 64.4. The normalized spacial score (nSPS) is 18.9. The van der Waals surface area contributed by atoms with Crippen molar-refractivity contribution in [1.29, 1.82) is 0 Å². The zero-order valence-electron chi connectivity index (χ0n) is 27.3. The molecule has 0 saturated carbocycles. The Kier molecular flexibility index (Phi) is 9.15. The molecule has 44 heavy (non-hydrogen) atoms. The molecule has 2 atom stereocenters. The SMILES string of the molecule is CC1=Cc2c(-c3ccc(CC(C)C)s3)cccc2[CH]1[Zr]([Cl])([Cl])([CH]1C(C)=Cc2c(-c3ccc(CC(C)C)s3)cccc21)[SiH](C)C. The van der Waals surface area contributed by atoms with E-state index >= 15 is 0 Å². The van der Waals surface area contributed by atoms with Crippen LogP contribution in [0.1, 0.15) is 80.8 Å². The summed E-state index contributed by atoms with van der Waals surface area (Å²) in [5, 5.41) is 0. The monoisotopic (exact) mass is 753 g/mol. The van der Waals surface area contributed by atoms with Crippen LogP contribution in [0.15, 0.2) is 71.8 Å². The van der Waals surface area contributed by atoms with Gasteiger partial charge in [0.25, 0.3) is 0 Å². The van der Waals surface area contributed by atoms with Crippen molar-refractivity contribution in [2.24, 2.45) is 11.8 Å². The molecule has 0 aliphatic heterocycles. The zero-order valence-corrected chi connectivity index (χ0v) is 34.1. The van der Waals surface area contributed by atoms with E-state index in [1.807, 2.05) is 22.7 Å². The molecule has 0 radical (unpaired) electrons. The second kappa shape index (κ2) is 12.2. The van der Waals surface area contributed by atoms with Crippen LogP contribution in [-0.4, -0.2) is 5.92 Å². The minimum absolute atomic E-state index is 0.124. The maximum atomic E-state index is 8.47. The topological polar surface area (TPSA) is 0 Å². The molecule has 2 aromatic heterocycles. The molecule has 6 rings (SSSR count). The van der Waals surface area contributed by atoms with Crippen molar-refractivity contribution in [2.45, 2.75) is 74.7 Å². The van der Waals surface area contributed by atoms with Crippen LogP contribution in [0.2, 0.25) is 13.1 Å². The van der Waals surface area contributed by atoms with E-state index in [0.717, 1.165) is 12.8 Å². The number of benzene rings is 2. The van der Waals surface area contributed by atoms with Gasteiger partial charge in [0, 0.05) is 0 Å². The molecule has 0 saturated heterocycles. The number of halogens is 2. The predicted molar refractivity (Wildman–Crippen MR) is 200 cm³/mol. The summed E-state index contributed by atoms with van der Waals surface area (Å²) >= 11 is -0.798. The Hall–Kier alpha value is -1.00. The van der Waals surface area contributed by atoms with Gasteiger partial charge in [0.15, 0.2) is 0 Å². The molecule has 6 heteroatoms. The number of rotatable bonds is 9. The molecule has 2 aromatic carbocycles. The Morgan fingerprint density at radius 1 is 0.659 bits per heavy atom. The molecule has 0 spiro atoms. The second-order valence-corrected chi connectivity index (χ2v) is 59.2. The summed E-state index contributed by atoms with van der Waals surface area (Å²) in [6, 6.07) is 23.0. The number of hydrogen-bond donors (Lipinski definition) is 0. The summed E-state index contributed by atoms with van der Waals surface area (Å²) in [6.07, 6.45) is 7.11. The van der Waals surface area contributed by atoms with Gasteiger partial charge in [0.05, 0.1) is 0 Å². The van der Waals surface area contributed by atoms with Crippen LogP contribution in [0.5, 0.6) is 0 Å². The van der Waals surface area contributed by atoms with Gasteiger partial charge in [-0.1, -0.05) is 0 Å². The van der Waals surface area contributed by atoms with Gasteiger partial charge in [-0.05, 0) is 0 Å². The number of allylic oxidation sites excluding steroid dienone is 2. The van der Waals surface area contributed by atoms with Crippen LogP contribution in [0.25, 0.3) is 33.0 Å². The molecule has 0 amide bonds. The number of thiophene rings is 2. The van der Waals surface area contributed by atoms with E-state index in [9.17, 15) is 0 Å². The molecular formula is C38H45Cl2S2SiZr. The van der Waals surface area contributed by atoms with Crippen molar-refractivity contribution < 1.29 is 15.6 Å². The van der Waals surface area contributed by atoms with Gasteiger partial charge in [-0.25, -0.2) is 0 Å². The van der Waals surface area contributed by atoms with Gasteiger partial charge in [0.2, 0.25) is 0 Å². The van der Waals surface area contributed by atoms with E-state index in [1.54, 1.807) is 0 Å². The molecule has 2 aliphatic carbocycles. The first kappa shape index (κ1) is 32.9. The van der Waals surface area contributed by atoms with E-state index in [0.29, 0.717) is 11.8 Å². The van der Waals surface area contributed by atoms with Crippen LogP contribution < -0.4 is 0 Å². The van der Waals surface area contributed by atoms with Crippen molar-refractivity contribution >= 4 is 57.8 Å². The van der Waals surface area contributed by atoms with Crippen LogP contribution in [0.3, 0.4) is 0 Å². The predicted octanol–water partition coefficient (Wildman–Crippen LogP) is 13.1. The van der Waals surface area contributed by atoms with E-state index in [1.165, 1.54) is 64.0 Å². The third-order valence-electron chi connectivity index (χ3n) is 9.84. The zero-order chi connectivity index (χ0) is 31.6. The number of fused-ring (bicyclic) bond motifs is 2. The van der Waals surface area contributed by atoms with E-state index in [-0.39, 0.29) is 7.25 Å². The first-order valence-corrected chi connectivity index (χ1v) is 34.1. The molecule has 0 fully saturated rings. The maximum absolute atomic E-state index is 8.47. The van der Waals surface area contributed by atoms with E-state index in [2.05, 4.69) is 127 Å². The second-order valence-electron chi connectivity index (χ2n) is 14.4. The summed E-state index contributed by atoms with van der Waals surface area (Å²) in [4.78, 5) is 5.61. The molecule has 2 aliphatic rings. The van der Waals surface area contributed by atoms with Gasteiger partial charge in [0.1, 0.15) is 0 Å². The molecular weight excluding hydrogens is 711 g/mol. The fourth-order valence-electron chi connectivity index (χ4n) is 7.90. The fraction of sp³-hybridized carbons (Fsp3) is 0.368. The van der Waals surface area contributed by atoms with Crippen LogP contribution in [-0.2, 0) is 28.4 Å². The molecule has 0 N–H and O–H groups in total. The van der Waals surface area contributed by atoms with Crippen molar-refractivity contribution in [3.63, 3.8) is 0 Å². The first-order chi connectivity index (χ1) is 20.8. The molecule has 0 nitrogen and oxygen atoms in total. The van der Waals surface area contributed by atoms with Gasteiger partial charge in [-0.2, -0.15) is 0 Å². The molecule has 4 aromatic rings. The van der Waals surface area contributed by atoms with Gasteiger partial charge >= 0.3 is 285 Å². The van der Waals surface area contributed by atoms with Gasteiger partial charge < -0.3 is 0 Å². The average molecular weight is 756 g/mol. The van der Waals surface area contributed by atoms with Crippen LogP contribution >= 0.6 is 39.7 Å². The summed E-state index contributed by atoms with van der Waals surface area (Å²) in [5.74, 6) is -0.250. The van der Waals surface area contributed by atoms with Crippen molar-refractivity contribution in [3.8, 4) is 20.9 Å². The van der Waals surface area contributed by atoms with Crippen molar-refractivity contribution in [1.82, 2.24) is 0 Å². The molecule has 2 heterocycles. The Labute approximate surface area is 282 Å². The first-order valence-electron chi connectivity index (χ1n) is 16.2. The Balaban J connectivity index is 1.46. The van der Waals surface area contributed by atoms with E-state index in [4.69, 9.17) is 17.0 Å². The summed E-state index contributed by atoms with van der Waals surface area (Å²) in [5.41, 5.74) is 10.8. The van der Waals surface area contributed by atoms with Crippen molar-refractivity contribution in [2.75, 3.05) is 0 Å². The van der Waals surface area contributed by atoms with Gasteiger partial charge in [-0.15, -0.1) is 0 Å². The standard InChI is InChI=1S/2C18H19S.C2H7Si.2ClH.Zr/c2*1-12(2)9-15-7-8-18(19-15)16-6-4-5-14-10-13(3)11-17(14)16;1-3-2;;;/h2*4-8,10-12H,9H2,1-3H3;3H,1-2H3;2*1H;/q;;;;;+2/p-2. The molecule has 0 bridgehead atoms. The van der Waals surface area contributed by atoms with Gasteiger partial charge in [-0.3, -0.25) is 0 Å². The Morgan fingerprint density at radius 2 is 1.07 bits per heavy atom. The minimum atomic E-state index is -4.68. The summed E-state index contributed by atoms with van der Waals surface area (Å²) < 4.78 is 0.248. The Morgan fingerprint density at radius 3 is 1.43 bits per heavy atom. The fourth-order valence-corrected chi connectivity index (χ4v) is 43.3. The molecule has 231 valence electrons. The van der Waals surface area contributed by atoms with E-state index < -0.39 is 21.5 Å².